The lowest BCUT2D eigenvalue weighted by atomic mass is 10.1. The van der Waals surface area contributed by atoms with Crippen molar-refractivity contribution in [3.63, 3.8) is 0 Å². The fraction of sp³-hybridized carbons (Fsp3) is 0.0588. The second kappa shape index (κ2) is 6.85. The zero-order valence-electron chi connectivity index (χ0n) is 13.4. The van der Waals surface area contributed by atoms with E-state index in [4.69, 9.17) is 4.74 Å². The first-order valence-electron chi connectivity index (χ1n) is 7.27. The number of para-hydroxylation sites is 2. The zero-order valence-corrected chi connectivity index (χ0v) is 14.9. The number of nitriles is 1. The second-order valence-corrected chi connectivity index (χ2v) is 6.06. The van der Waals surface area contributed by atoms with Gasteiger partial charge in [-0.05, 0) is 40.2 Å². The third kappa shape index (κ3) is 2.98. The number of hydrogen-bond acceptors (Lipinski definition) is 6. The lowest BCUT2D eigenvalue weighted by Gasteiger charge is -2.08. The number of aromatic amines is 1. The quantitative estimate of drug-likeness (QED) is 0.377. The van der Waals surface area contributed by atoms with Gasteiger partial charge in [-0.1, -0.05) is 12.1 Å². The first kappa shape index (κ1) is 17.4. The number of ether oxygens (including phenoxy) is 1. The summed E-state index contributed by atoms with van der Waals surface area (Å²) in [4.78, 5) is 18.1. The number of phenolic OH excluding ortho intramolecular Hbond substituents is 1. The highest BCUT2D eigenvalue weighted by Gasteiger charge is 2.26. The van der Waals surface area contributed by atoms with Crippen molar-refractivity contribution in [2.45, 2.75) is 0 Å². The van der Waals surface area contributed by atoms with Crippen molar-refractivity contribution in [2.24, 2.45) is 0 Å². The third-order valence-electron chi connectivity index (χ3n) is 3.66. The van der Waals surface area contributed by atoms with E-state index in [2.05, 4.69) is 25.9 Å². The SMILES string of the molecule is COc1c(O)c(Br)cc(C=C(C#N)c2nc3ccccc3[nH]2)c1[N+](=O)[O-]. The maximum atomic E-state index is 11.5. The Morgan fingerprint density at radius 3 is 2.85 bits per heavy atom. The molecule has 0 saturated carbocycles. The normalized spacial score (nSPS) is 11.3. The highest BCUT2D eigenvalue weighted by atomic mass is 79.9. The average Bonchev–Trinajstić information content (AvgIpc) is 3.05. The average molecular weight is 415 g/mol. The number of halogens is 1. The van der Waals surface area contributed by atoms with E-state index in [0.29, 0.717) is 5.52 Å². The number of rotatable bonds is 4. The number of phenols is 1. The summed E-state index contributed by atoms with van der Waals surface area (Å²) in [6.45, 7) is 0. The predicted molar refractivity (Wildman–Crippen MR) is 98.6 cm³/mol. The van der Waals surface area contributed by atoms with Crippen molar-refractivity contribution in [3.05, 3.63) is 56.3 Å². The number of nitro groups is 1. The Hall–Kier alpha value is -3.38. The topological polar surface area (TPSA) is 125 Å². The van der Waals surface area contributed by atoms with E-state index in [1.54, 1.807) is 6.07 Å². The summed E-state index contributed by atoms with van der Waals surface area (Å²) >= 11 is 3.13. The number of allylic oxidation sites excluding steroid dienone is 1. The molecule has 9 heteroatoms. The van der Waals surface area contributed by atoms with Crippen molar-refractivity contribution in [1.82, 2.24) is 9.97 Å². The van der Waals surface area contributed by atoms with Gasteiger partial charge < -0.3 is 14.8 Å². The number of H-pyrrole nitrogens is 1. The van der Waals surface area contributed by atoms with Gasteiger partial charge in [-0.15, -0.1) is 0 Å². The molecule has 0 fully saturated rings. The molecule has 0 amide bonds. The predicted octanol–water partition coefficient (Wildman–Crippen LogP) is 4.01. The molecule has 0 aliphatic heterocycles. The third-order valence-corrected chi connectivity index (χ3v) is 4.27. The number of methoxy groups -OCH3 is 1. The number of nitro benzene ring substituents is 1. The lowest BCUT2D eigenvalue weighted by molar-refractivity contribution is -0.386. The highest BCUT2D eigenvalue weighted by Crippen LogP contribution is 2.44. The molecular formula is C17H11BrN4O4. The summed E-state index contributed by atoms with van der Waals surface area (Å²) in [5.74, 6) is -0.401. The largest absolute Gasteiger partial charge is 0.503 e. The van der Waals surface area contributed by atoms with Crippen molar-refractivity contribution in [1.29, 1.82) is 5.26 Å². The summed E-state index contributed by atoms with van der Waals surface area (Å²) in [6.07, 6.45) is 1.32. The molecule has 0 atom stereocenters. The van der Waals surface area contributed by atoms with Crippen LogP contribution in [-0.4, -0.2) is 27.1 Å². The molecule has 1 aromatic heterocycles. The number of nitrogens with zero attached hydrogens (tertiary/aromatic N) is 3. The van der Waals surface area contributed by atoms with E-state index in [-0.39, 0.29) is 27.2 Å². The number of hydrogen-bond donors (Lipinski definition) is 2. The molecule has 0 spiro atoms. The van der Waals surface area contributed by atoms with E-state index >= 15 is 0 Å². The number of imidazole rings is 1. The van der Waals surface area contributed by atoms with E-state index in [1.807, 2.05) is 24.3 Å². The molecule has 0 saturated heterocycles. The molecule has 8 nitrogen and oxygen atoms in total. The molecule has 2 N–H and O–H groups in total. The van der Waals surface area contributed by atoms with Gasteiger partial charge in [-0.3, -0.25) is 10.1 Å². The summed E-state index contributed by atoms with van der Waals surface area (Å²) < 4.78 is 5.17. The van der Waals surface area contributed by atoms with E-state index in [0.717, 1.165) is 5.52 Å². The minimum Gasteiger partial charge on any atom is -0.503 e. The fourth-order valence-corrected chi connectivity index (χ4v) is 2.93. The summed E-state index contributed by atoms with van der Waals surface area (Å²) in [5, 5.41) is 31.0. The summed E-state index contributed by atoms with van der Waals surface area (Å²) in [6, 6.07) is 10.6. The molecular weight excluding hydrogens is 404 g/mol. The molecule has 0 bridgehead atoms. The van der Waals surface area contributed by atoms with Gasteiger partial charge in [-0.2, -0.15) is 5.26 Å². The molecule has 3 rings (SSSR count). The lowest BCUT2D eigenvalue weighted by Crippen LogP contribution is -1.98. The molecule has 0 unspecified atom stereocenters. The molecule has 1 heterocycles. The second-order valence-electron chi connectivity index (χ2n) is 5.21. The van der Waals surface area contributed by atoms with Gasteiger partial charge in [0.15, 0.2) is 5.75 Å². The Kier molecular flexibility index (Phi) is 4.60. The number of benzene rings is 2. The first-order valence-corrected chi connectivity index (χ1v) is 8.06. The molecule has 2 aromatic carbocycles. The van der Waals surface area contributed by atoms with Crippen LogP contribution in [0.15, 0.2) is 34.8 Å². The Morgan fingerprint density at radius 1 is 1.50 bits per heavy atom. The Morgan fingerprint density at radius 2 is 2.23 bits per heavy atom. The van der Waals surface area contributed by atoms with Gasteiger partial charge in [0.05, 0.1) is 38.7 Å². The van der Waals surface area contributed by atoms with Crippen LogP contribution >= 0.6 is 15.9 Å². The van der Waals surface area contributed by atoms with E-state index < -0.39 is 16.4 Å². The minimum absolute atomic E-state index is 0.0912. The van der Waals surface area contributed by atoms with Gasteiger partial charge in [0.25, 0.3) is 0 Å². The molecule has 26 heavy (non-hydrogen) atoms. The summed E-state index contributed by atoms with van der Waals surface area (Å²) in [5.41, 5.74) is 1.15. The van der Waals surface area contributed by atoms with Crippen molar-refractivity contribution >= 4 is 44.3 Å². The van der Waals surface area contributed by atoms with Crippen LogP contribution in [0.5, 0.6) is 11.5 Å². The monoisotopic (exact) mass is 414 g/mol. The van der Waals surface area contributed by atoms with Crippen LogP contribution in [0.2, 0.25) is 0 Å². The van der Waals surface area contributed by atoms with E-state index in [9.17, 15) is 20.5 Å². The van der Waals surface area contributed by atoms with Crippen LogP contribution in [0.4, 0.5) is 5.69 Å². The Labute approximate surface area is 155 Å². The molecule has 0 radical (unpaired) electrons. The zero-order chi connectivity index (χ0) is 18.8. The van der Waals surface area contributed by atoms with Gasteiger partial charge in [0.2, 0.25) is 5.75 Å². The summed E-state index contributed by atoms with van der Waals surface area (Å²) in [7, 11) is 1.21. The van der Waals surface area contributed by atoms with Crippen molar-refractivity contribution in [2.75, 3.05) is 7.11 Å². The molecule has 0 aliphatic carbocycles. The minimum atomic E-state index is -0.676. The molecule has 130 valence electrons. The van der Waals surface area contributed by atoms with Gasteiger partial charge in [0, 0.05) is 0 Å². The Balaban J connectivity index is 2.23. The van der Waals surface area contributed by atoms with Gasteiger partial charge in [0.1, 0.15) is 11.9 Å². The van der Waals surface area contributed by atoms with Crippen LogP contribution < -0.4 is 4.74 Å². The van der Waals surface area contributed by atoms with Crippen LogP contribution in [0.25, 0.3) is 22.7 Å². The standard InChI is InChI=1S/C17H11BrN4O4/c1-26-16-14(22(24)25)9(7-11(18)15(16)23)6-10(8-19)17-20-12-4-2-3-5-13(12)21-17/h2-7,23H,1H3,(H,20,21). The van der Waals surface area contributed by atoms with Gasteiger partial charge in [-0.25, -0.2) is 4.98 Å². The maximum absolute atomic E-state index is 11.5. The first-order chi connectivity index (χ1) is 12.5. The smallest absolute Gasteiger partial charge is 0.322 e. The molecule has 3 aromatic rings. The number of aromatic hydroxyl groups is 1. The fourth-order valence-electron chi connectivity index (χ4n) is 2.51. The van der Waals surface area contributed by atoms with Crippen molar-refractivity contribution in [3.8, 4) is 17.6 Å². The Bertz CT molecular complexity index is 1070. The highest BCUT2D eigenvalue weighted by molar-refractivity contribution is 9.10. The maximum Gasteiger partial charge on any atom is 0.322 e. The van der Waals surface area contributed by atoms with E-state index in [1.165, 1.54) is 19.3 Å². The number of aromatic nitrogens is 2. The van der Waals surface area contributed by atoms with Crippen LogP contribution in [0.1, 0.15) is 11.4 Å². The number of fused-ring (bicyclic) bond motifs is 1. The number of nitrogens with one attached hydrogen (secondary N) is 1. The molecule has 0 aliphatic rings. The van der Waals surface area contributed by atoms with Crippen LogP contribution in [-0.2, 0) is 0 Å². The van der Waals surface area contributed by atoms with Crippen molar-refractivity contribution < 1.29 is 14.8 Å². The van der Waals surface area contributed by atoms with Gasteiger partial charge >= 0.3 is 5.69 Å². The van der Waals surface area contributed by atoms with Crippen LogP contribution in [0, 0.1) is 21.4 Å². The van der Waals surface area contributed by atoms with Crippen LogP contribution in [0.3, 0.4) is 0 Å².